The molecule has 0 spiro atoms. The minimum absolute atomic E-state index is 0.0503. The van der Waals surface area contributed by atoms with E-state index >= 15 is 0 Å². The Morgan fingerprint density at radius 3 is 2.65 bits per heavy atom. The highest BCUT2D eigenvalue weighted by atomic mass is 32.2. The summed E-state index contributed by atoms with van der Waals surface area (Å²) >= 11 is 0. The van der Waals surface area contributed by atoms with Gasteiger partial charge in [0.1, 0.15) is 10.6 Å². The Morgan fingerprint density at radius 1 is 1.55 bits per heavy atom. The molecule has 1 unspecified atom stereocenters. The van der Waals surface area contributed by atoms with Gasteiger partial charge in [-0.1, -0.05) is 12.8 Å². The number of aromatic carboxylic acids is 1. The van der Waals surface area contributed by atoms with Crippen LogP contribution in [-0.2, 0) is 10.0 Å². The second-order valence-electron chi connectivity index (χ2n) is 3.92. The van der Waals surface area contributed by atoms with E-state index in [4.69, 9.17) is 16.3 Å². The van der Waals surface area contributed by atoms with Crippen LogP contribution < -0.4 is 9.46 Å². The first-order valence-electron chi connectivity index (χ1n) is 5.75. The molecule has 1 aromatic carbocycles. The number of methoxy groups -OCH3 is 1. The average molecular weight is 297 g/mol. The van der Waals surface area contributed by atoms with Crippen molar-refractivity contribution in [2.45, 2.75) is 24.3 Å². The van der Waals surface area contributed by atoms with Crippen molar-refractivity contribution in [3.8, 4) is 18.1 Å². The number of ether oxygens (including phenoxy) is 1. The van der Waals surface area contributed by atoms with Gasteiger partial charge in [0, 0.05) is 0 Å². The molecule has 0 saturated carbocycles. The van der Waals surface area contributed by atoms with Gasteiger partial charge < -0.3 is 9.84 Å². The van der Waals surface area contributed by atoms with Crippen molar-refractivity contribution in [1.29, 1.82) is 0 Å². The van der Waals surface area contributed by atoms with Crippen LogP contribution in [-0.4, -0.2) is 32.6 Å². The van der Waals surface area contributed by atoms with E-state index in [0.29, 0.717) is 6.42 Å². The van der Waals surface area contributed by atoms with Crippen LogP contribution in [0, 0.1) is 12.3 Å². The van der Waals surface area contributed by atoms with Gasteiger partial charge in [-0.15, -0.1) is 6.42 Å². The number of benzene rings is 1. The van der Waals surface area contributed by atoms with Crippen LogP contribution in [0.1, 0.15) is 23.7 Å². The molecule has 0 aliphatic carbocycles. The van der Waals surface area contributed by atoms with E-state index in [2.05, 4.69) is 10.6 Å². The lowest BCUT2D eigenvalue weighted by molar-refractivity contribution is 0.0696. The number of carboxylic acids is 1. The number of terminal acetylenes is 1. The molecule has 0 aromatic heterocycles. The van der Waals surface area contributed by atoms with E-state index in [1.807, 2.05) is 0 Å². The highest BCUT2D eigenvalue weighted by Crippen LogP contribution is 2.25. The Bertz CT molecular complexity index is 645. The Morgan fingerprint density at radius 2 is 2.20 bits per heavy atom. The standard InChI is InChI=1S/C13H15NO5S/c1-4-10(5-2)14-20(17,18)12-8-9(13(15)16)6-7-11(12)19-3/h1,6-8,10,14H,5H2,2-3H3,(H,15,16). The van der Waals surface area contributed by atoms with Gasteiger partial charge in [0.15, 0.2) is 0 Å². The minimum atomic E-state index is -3.96. The number of sulfonamides is 1. The van der Waals surface area contributed by atoms with Crippen LogP contribution in [0.25, 0.3) is 0 Å². The van der Waals surface area contributed by atoms with Gasteiger partial charge in [0.2, 0.25) is 10.0 Å². The molecular weight excluding hydrogens is 282 g/mol. The molecule has 0 amide bonds. The first-order valence-corrected chi connectivity index (χ1v) is 7.23. The molecule has 0 aliphatic rings. The van der Waals surface area contributed by atoms with E-state index in [-0.39, 0.29) is 16.2 Å². The molecule has 1 atom stereocenters. The number of carbonyl (C=O) groups is 1. The summed E-state index contributed by atoms with van der Waals surface area (Å²) in [4.78, 5) is 10.7. The van der Waals surface area contributed by atoms with Crippen LogP contribution >= 0.6 is 0 Å². The van der Waals surface area contributed by atoms with Gasteiger partial charge in [-0.25, -0.2) is 13.2 Å². The summed E-state index contributed by atoms with van der Waals surface area (Å²) < 4.78 is 31.7. The molecule has 1 rings (SSSR count). The maximum absolute atomic E-state index is 12.2. The fourth-order valence-corrected chi connectivity index (χ4v) is 2.94. The molecule has 0 radical (unpaired) electrons. The summed E-state index contributed by atoms with van der Waals surface area (Å²) in [7, 11) is -2.66. The summed E-state index contributed by atoms with van der Waals surface area (Å²) in [6.07, 6.45) is 5.63. The van der Waals surface area contributed by atoms with Crippen LogP contribution in [0.3, 0.4) is 0 Å². The number of rotatable bonds is 6. The summed E-state index contributed by atoms with van der Waals surface area (Å²) in [5.41, 5.74) is -0.153. The molecular formula is C13H15NO5S. The fraction of sp³-hybridized carbons (Fsp3) is 0.308. The predicted molar refractivity (Wildman–Crippen MR) is 73.2 cm³/mol. The van der Waals surface area contributed by atoms with E-state index in [9.17, 15) is 13.2 Å². The van der Waals surface area contributed by atoms with Crippen molar-refractivity contribution in [3.63, 3.8) is 0 Å². The first-order chi connectivity index (χ1) is 9.35. The van der Waals surface area contributed by atoms with Gasteiger partial charge >= 0.3 is 5.97 Å². The van der Waals surface area contributed by atoms with Gasteiger partial charge in [-0.3, -0.25) is 0 Å². The summed E-state index contributed by atoms with van der Waals surface area (Å²) in [6, 6.07) is 2.92. The average Bonchev–Trinajstić information content (AvgIpc) is 2.43. The van der Waals surface area contributed by atoms with Gasteiger partial charge in [-0.05, 0) is 24.6 Å². The van der Waals surface area contributed by atoms with Crippen molar-refractivity contribution >= 4 is 16.0 Å². The number of hydrogen-bond acceptors (Lipinski definition) is 4. The second kappa shape index (κ2) is 6.41. The van der Waals surface area contributed by atoms with Gasteiger partial charge in [0.25, 0.3) is 0 Å². The minimum Gasteiger partial charge on any atom is -0.495 e. The SMILES string of the molecule is C#CC(CC)NS(=O)(=O)c1cc(C(=O)O)ccc1OC. The maximum Gasteiger partial charge on any atom is 0.335 e. The summed E-state index contributed by atoms with van der Waals surface area (Å²) in [5.74, 6) is 1.13. The van der Waals surface area contributed by atoms with E-state index in [0.717, 1.165) is 6.07 Å². The van der Waals surface area contributed by atoms with E-state index in [1.54, 1.807) is 6.92 Å². The third-order valence-corrected chi connectivity index (χ3v) is 4.10. The summed E-state index contributed by atoms with van der Waals surface area (Å²) in [6.45, 7) is 1.73. The third-order valence-electron chi connectivity index (χ3n) is 2.61. The second-order valence-corrected chi connectivity index (χ2v) is 5.60. The molecule has 0 saturated heterocycles. The monoisotopic (exact) mass is 297 g/mol. The normalized spacial score (nSPS) is 12.4. The highest BCUT2D eigenvalue weighted by molar-refractivity contribution is 7.89. The number of hydrogen-bond donors (Lipinski definition) is 2. The van der Waals surface area contributed by atoms with Crippen LogP contribution in [0.2, 0.25) is 0 Å². The lowest BCUT2D eigenvalue weighted by Gasteiger charge is -2.14. The smallest absolute Gasteiger partial charge is 0.335 e. The highest BCUT2D eigenvalue weighted by Gasteiger charge is 2.23. The molecule has 20 heavy (non-hydrogen) atoms. The zero-order valence-electron chi connectivity index (χ0n) is 11.1. The molecule has 7 heteroatoms. The summed E-state index contributed by atoms with van der Waals surface area (Å²) in [5, 5.41) is 8.92. The van der Waals surface area contributed by atoms with Crippen LogP contribution in [0.4, 0.5) is 0 Å². The lowest BCUT2D eigenvalue weighted by atomic mass is 10.2. The van der Waals surface area contributed by atoms with Crippen LogP contribution in [0.15, 0.2) is 23.1 Å². The van der Waals surface area contributed by atoms with Gasteiger partial charge in [-0.2, -0.15) is 4.72 Å². The molecule has 6 nitrogen and oxygen atoms in total. The fourth-order valence-electron chi connectivity index (χ4n) is 1.51. The quantitative estimate of drug-likeness (QED) is 0.767. The molecule has 108 valence electrons. The topological polar surface area (TPSA) is 92.7 Å². The molecule has 1 aromatic rings. The molecule has 0 heterocycles. The third kappa shape index (κ3) is 3.50. The van der Waals surface area contributed by atoms with Crippen molar-refractivity contribution in [2.24, 2.45) is 0 Å². The Kier molecular flexibility index (Phi) is 5.13. The molecule has 2 N–H and O–H groups in total. The zero-order valence-corrected chi connectivity index (χ0v) is 11.9. The van der Waals surface area contributed by atoms with Crippen molar-refractivity contribution in [2.75, 3.05) is 7.11 Å². The van der Waals surface area contributed by atoms with Gasteiger partial charge in [0.05, 0.1) is 18.7 Å². The predicted octanol–water partition coefficient (Wildman–Crippen LogP) is 1.08. The lowest BCUT2D eigenvalue weighted by Crippen LogP contribution is -2.33. The molecule has 0 fully saturated rings. The van der Waals surface area contributed by atoms with Crippen LogP contribution in [0.5, 0.6) is 5.75 Å². The molecule has 0 aliphatic heterocycles. The maximum atomic E-state index is 12.2. The largest absolute Gasteiger partial charge is 0.495 e. The Balaban J connectivity index is 3.32. The molecule has 0 bridgehead atoms. The van der Waals surface area contributed by atoms with E-state index < -0.39 is 22.0 Å². The Labute approximate surface area is 117 Å². The van der Waals surface area contributed by atoms with Crippen molar-refractivity contribution in [1.82, 2.24) is 4.72 Å². The Hall–Kier alpha value is -2.04. The number of carboxylic acid groups (broad SMARTS) is 1. The van der Waals surface area contributed by atoms with Crippen molar-refractivity contribution < 1.29 is 23.1 Å². The zero-order chi connectivity index (χ0) is 15.3. The first kappa shape index (κ1) is 16.0. The van der Waals surface area contributed by atoms with Crippen molar-refractivity contribution in [3.05, 3.63) is 23.8 Å². The van der Waals surface area contributed by atoms with E-state index in [1.165, 1.54) is 19.2 Å². The number of nitrogens with one attached hydrogen (secondary N) is 1.